The number of nitrogens with zero attached hydrogens (tertiary/aromatic N) is 2. The number of hydrogen-bond acceptors (Lipinski definition) is 4. The molecule has 2 aromatic rings. The Hall–Kier alpha value is -2.21. The van der Waals surface area contributed by atoms with Gasteiger partial charge in [-0.25, -0.2) is 9.37 Å². The number of pyridine rings is 1. The van der Waals surface area contributed by atoms with E-state index >= 15 is 0 Å². The Morgan fingerprint density at radius 2 is 2.11 bits per heavy atom. The fraction of sp³-hybridized carbons (Fsp3) is 0.0833. The number of halogens is 2. The highest BCUT2D eigenvalue weighted by Crippen LogP contribution is 2.30. The molecule has 0 aliphatic rings. The number of nitrogens with one attached hydrogen (secondary N) is 1. The van der Waals surface area contributed by atoms with Gasteiger partial charge in [0.15, 0.2) is 0 Å². The van der Waals surface area contributed by atoms with Gasteiger partial charge in [-0.05, 0) is 12.1 Å². The molecule has 7 heteroatoms. The maximum atomic E-state index is 13.4. The topological polar surface area (TPSA) is 68.1 Å². The minimum atomic E-state index is -0.626. The fourth-order valence-electron chi connectivity index (χ4n) is 1.55. The van der Waals surface area contributed by atoms with Crippen molar-refractivity contribution < 1.29 is 9.31 Å². The van der Waals surface area contributed by atoms with Crippen molar-refractivity contribution in [3.05, 3.63) is 63.0 Å². The molecule has 1 aromatic carbocycles. The van der Waals surface area contributed by atoms with E-state index in [4.69, 9.17) is 11.6 Å². The molecule has 0 radical (unpaired) electrons. The molecule has 2 rings (SSSR count). The van der Waals surface area contributed by atoms with E-state index in [1.807, 2.05) is 0 Å². The van der Waals surface area contributed by atoms with Crippen molar-refractivity contribution in [1.29, 1.82) is 0 Å². The van der Waals surface area contributed by atoms with Gasteiger partial charge in [0, 0.05) is 18.3 Å². The number of anilines is 1. The van der Waals surface area contributed by atoms with Crippen LogP contribution in [-0.4, -0.2) is 9.91 Å². The molecule has 5 nitrogen and oxygen atoms in total. The standard InChI is InChI=1S/C12H9ClFN3O2/c13-9-5-6-15-12(11(9)17(18)19)16-7-8-3-1-2-4-10(8)14/h1-6H,7H2,(H,15,16). The Morgan fingerprint density at radius 1 is 1.37 bits per heavy atom. The lowest BCUT2D eigenvalue weighted by Crippen LogP contribution is -2.06. The number of aromatic nitrogens is 1. The van der Waals surface area contributed by atoms with E-state index in [1.54, 1.807) is 18.2 Å². The molecule has 1 aromatic heterocycles. The summed E-state index contributed by atoms with van der Waals surface area (Å²) in [5.74, 6) is -0.375. The van der Waals surface area contributed by atoms with Crippen LogP contribution in [0.15, 0.2) is 36.5 Å². The van der Waals surface area contributed by atoms with Gasteiger partial charge in [-0.3, -0.25) is 10.1 Å². The molecule has 0 saturated carbocycles. The van der Waals surface area contributed by atoms with E-state index in [0.717, 1.165) is 0 Å². The minimum Gasteiger partial charge on any atom is -0.360 e. The highest BCUT2D eigenvalue weighted by atomic mass is 35.5. The zero-order valence-corrected chi connectivity index (χ0v) is 10.4. The normalized spacial score (nSPS) is 10.2. The van der Waals surface area contributed by atoms with Gasteiger partial charge in [0.1, 0.15) is 10.8 Å². The van der Waals surface area contributed by atoms with Crippen LogP contribution in [0.25, 0.3) is 0 Å². The molecule has 0 saturated heterocycles. The van der Waals surface area contributed by atoms with Crippen molar-refractivity contribution in [3.8, 4) is 0 Å². The van der Waals surface area contributed by atoms with Crippen molar-refractivity contribution >= 4 is 23.1 Å². The summed E-state index contributed by atoms with van der Waals surface area (Å²) in [6, 6.07) is 7.47. The molecule has 0 fully saturated rings. The predicted molar refractivity (Wildman–Crippen MR) is 69.6 cm³/mol. The predicted octanol–water partition coefficient (Wildman–Crippen LogP) is 3.39. The Kier molecular flexibility index (Phi) is 3.91. The Morgan fingerprint density at radius 3 is 2.79 bits per heavy atom. The van der Waals surface area contributed by atoms with E-state index in [2.05, 4.69) is 10.3 Å². The third kappa shape index (κ3) is 2.97. The first-order valence-corrected chi connectivity index (χ1v) is 5.73. The second kappa shape index (κ2) is 5.62. The highest BCUT2D eigenvalue weighted by Gasteiger charge is 2.19. The third-order valence-electron chi connectivity index (χ3n) is 2.46. The SMILES string of the molecule is O=[N+]([O-])c1c(Cl)ccnc1NCc1ccccc1F. The van der Waals surface area contributed by atoms with Gasteiger partial charge in [-0.15, -0.1) is 0 Å². The molecule has 0 spiro atoms. The summed E-state index contributed by atoms with van der Waals surface area (Å²) in [5.41, 5.74) is 0.0686. The van der Waals surface area contributed by atoms with Crippen LogP contribution in [0, 0.1) is 15.9 Å². The average molecular weight is 282 g/mol. The number of rotatable bonds is 4. The molecule has 1 heterocycles. The largest absolute Gasteiger partial charge is 0.360 e. The van der Waals surface area contributed by atoms with Crippen molar-refractivity contribution in [2.24, 2.45) is 0 Å². The van der Waals surface area contributed by atoms with Crippen molar-refractivity contribution in [3.63, 3.8) is 0 Å². The fourth-order valence-corrected chi connectivity index (χ4v) is 1.77. The summed E-state index contributed by atoms with van der Waals surface area (Å²) >= 11 is 5.74. The molecule has 0 aliphatic carbocycles. The van der Waals surface area contributed by atoms with Crippen LogP contribution < -0.4 is 5.32 Å². The zero-order valence-electron chi connectivity index (χ0n) is 9.64. The van der Waals surface area contributed by atoms with E-state index in [0.29, 0.717) is 5.56 Å². The van der Waals surface area contributed by atoms with Crippen molar-refractivity contribution in [2.75, 3.05) is 5.32 Å². The maximum absolute atomic E-state index is 13.4. The minimum absolute atomic E-state index is 0.0146. The summed E-state index contributed by atoms with van der Waals surface area (Å²) in [4.78, 5) is 14.1. The molecule has 0 atom stereocenters. The summed E-state index contributed by atoms with van der Waals surface area (Å²) in [5, 5.41) is 13.6. The van der Waals surface area contributed by atoms with Crippen LogP contribution in [0.3, 0.4) is 0 Å². The van der Waals surface area contributed by atoms with Gasteiger partial charge in [0.25, 0.3) is 0 Å². The van der Waals surface area contributed by atoms with Gasteiger partial charge in [-0.2, -0.15) is 0 Å². The smallest absolute Gasteiger partial charge is 0.329 e. The summed E-state index contributed by atoms with van der Waals surface area (Å²) < 4.78 is 13.4. The zero-order chi connectivity index (χ0) is 13.8. The lowest BCUT2D eigenvalue weighted by molar-refractivity contribution is -0.384. The van der Waals surface area contributed by atoms with Crippen LogP contribution >= 0.6 is 11.6 Å². The molecule has 0 aliphatic heterocycles. The second-order valence-corrected chi connectivity index (χ2v) is 4.10. The number of benzene rings is 1. The molecule has 0 unspecified atom stereocenters. The summed E-state index contributed by atoms with van der Waals surface area (Å²) in [6.45, 7) is 0.0842. The molecule has 19 heavy (non-hydrogen) atoms. The average Bonchev–Trinajstić information content (AvgIpc) is 2.37. The maximum Gasteiger partial charge on any atom is 0.329 e. The molecule has 98 valence electrons. The van der Waals surface area contributed by atoms with E-state index < -0.39 is 4.92 Å². The van der Waals surface area contributed by atoms with E-state index in [-0.39, 0.29) is 28.9 Å². The third-order valence-corrected chi connectivity index (χ3v) is 2.77. The first-order chi connectivity index (χ1) is 9.09. The van der Waals surface area contributed by atoms with Crippen LogP contribution in [0.5, 0.6) is 0 Å². The van der Waals surface area contributed by atoms with Crippen LogP contribution in [0.4, 0.5) is 15.9 Å². The van der Waals surface area contributed by atoms with E-state index in [1.165, 1.54) is 18.3 Å². The molecule has 0 bridgehead atoms. The number of hydrogen-bond donors (Lipinski definition) is 1. The Bertz CT molecular complexity index is 622. The Labute approximate surface area is 113 Å². The van der Waals surface area contributed by atoms with Crippen LogP contribution in [0.1, 0.15) is 5.56 Å². The first kappa shape index (κ1) is 13.2. The van der Waals surface area contributed by atoms with Gasteiger partial charge < -0.3 is 5.32 Å². The first-order valence-electron chi connectivity index (χ1n) is 5.35. The molecular weight excluding hydrogens is 273 g/mol. The van der Waals surface area contributed by atoms with Crippen LogP contribution in [-0.2, 0) is 6.54 Å². The van der Waals surface area contributed by atoms with Crippen molar-refractivity contribution in [2.45, 2.75) is 6.54 Å². The lowest BCUT2D eigenvalue weighted by Gasteiger charge is -2.07. The van der Waals surface area contributed by atoms with E-state index in [9.17, 15) is 14.5 Å². The molecule has 0 amide bonds. The quantitative estimate of drug-likeness (QED) is 0.689. The van der Waals surface area contributed by atoms with Crippen LogP contribution in [0.2, 0.25) is 5.02 Å². The summed E-state index contributed by atoms with van der Waals surface area (Å²) in [6.07, 6.45) is 1.35. The highest BCUT2D eigenvalue weighted by molar-refractivity contribution is 6.33. The van der Waals surface area contributed by atoms with Gasteiger partial charge in [-0.1, -0.05) is 29.8 Å². The van der Waals surface area contributed by atoms with Crippen molar-refractivity contribution in [1.82, 2.24) is 4.98 Å². The van der Waals surface area contributed by atoms with Gasteiger partial charge in [0.2, 0.25) is 5.82 Å². The number of nitro groups is 1. The monoisotopic (exact) mass is 281 g/mol. The van der Waals surface area contributed by atoms with Gasteiger partial charge >= 0.3 is 5.69 Å². The summed E-state index contributed by atoms with van der Waals surface area (Å²) in [7, 11) is 0. The van der Waals surface area contributed by atoms with Gasteiger partial charge in [0.05, 0.1) is 4.92 Å². The molecular formula is C12H9ClFN3O2. The second-order valence-electron chi connectivity index (χ2n) is 3.69. The lowest BCUT2D eigenvalue weighted by atomic mass is 10.2. The Balaban J connectivity index is 2.23. The molecule has 1 N–H and O–H groups in total.